The van der Waals surface area contributed by atoms with E-state index in [1.165, 1.54) is 4.88 Å². The van der Waals surface area contributed by atoms with E-state index >= 15 is 0 Å². The van der Waals surface area contributed by atoms with Crippen molar-refractivity contribution in [2.24, 2.45) is 0 Å². The van der Waals surface area contributed by atoms with E-state index in [4.69, 9.17) is 0 Å². The lowest BCUT2D eigenvalue weighted by Crippen LogP contribution is -2.31. The van der Waals surface area contributed by atoms with Crippen LogP contribution in [0.25, 0.3) is 0 Å². The SMILES string of the molecule is Cc1nc(Br)cc(N(C)C(C)Cc2cccs2)n1. The molecule has 3 nitrogen and oxygen atoms in total. The van der Waals surface area contributed by atoms with E-state index in [9.17, 15) is 0 Å². The quantitative estimate of drug-likeness (QED) is 0.803. The summed E-state index contributed by atoms with van der Waals surface area (Å²) >= 11 is 5.22. The normalized spacial score (nSPS) is 12.4. The molecule has 2 heterocycles. The van der Waals surface area contributed by atoms with E-state index < -0.39 is 0 Å². The number of hydrogen-bond donors (Lipinski definition) is 0. The molecule has 96 valence electrons. The van der Waals surface area contributed by atoms with Crippen molar-refractivity contribution >= 4 is 33.1 Å². The number of nitrogens with zero attached hydrogens (tertiary/aromatic N) is 3. The van der Waals surface area contributed by atoms with Crippen molar-refractivity contribution < 1.29 is 0 Å². The summed E-state index contributed by atoms with van der Waals surface area (Å²) in [6.45, 7) is 4.12. The van der Waals surface area contributed by atoms with Gasteiger partial charge in [0.2, 0.25) is 0 Å². The van der Waals surface area contributed by atoms with Crippen molar-refractivity contribution in [2.45, 2.75) is 26.3 Å². The van der Waals surface area contributed by atoms with Crippen molar-refractivity contribution in [1.29, 1.82) is 0 Å². The minimum absolute atomic E-state index is 0.407. The van der Waals surface area contributed by atoms with Crippen LogP contribution in [0.15, 0.2) is 28.2 Å². The fourth-order valence-corrected chi connectivity index (χ4v) is 3.07. The van der Waals surface area contributed by atoms with Crippen LogP contribution in [0.5, 0.6) is 0 Å². The average Bonchev–Trinajstić information content (AvgIpc) is 2.79. The van der Waals surface area contributed by atoms with Gasteiger partial charge in [0.25, 0.3) is 0 Å². The third-order valence-corrected chi connectivity index (χ3v) is 4.20. The Balaban J connectivity index is 2.12. The Bertz CT molecular complexity index is 493. The zero-order valence-electron chi connectivity index (χ0n) is 10.7. The molecule has 1 atom stereocenters. The van der Waals surface area contributed by atoms with Crippen molar-refractivity contribution in [3.63, 3.8) is 0 Å². The fraction of sp³-hybridized carbons (Fsp3) is 0.385. The monoisotopic (exact) mass is 325 g/mol. The lowest BCUT2D eigenvalue weighted by Gasteiger charge is -2.25. The zero-order chi connectivity index (χ0) is 13.1. The third-order valence-electron chi connectivity index (χ3n) is 2.89. The van der Waals surface area contributed by atoms with Gasteiger partial charge in [-0.25, -0.2) is 9.97 Å². The predicted octanol–water partition coefficient (Wildman–Crippen LogP) is 3.68. The Morgan fingerprint density at radius 1 is 1.44 bits per heavy atom. The maximum absolute atomic E-state index is 4.47. The molecule has 2 aromatic heterocycles. The first-order chi connectivity index (χ1) is 8.56. The van der Waals surface area contributed by atoms with Gasteiger partial charge in [0.15, 0.2) is 0 Å². The van der Waals surface area contributed by atoms with Crippen LogP contribution in [-0.2, 0) is 6.42 Å². The Labute approximate surface area is 120 Å². The van der Waals surface area contributed by atoms with Crippen LogP contribution in [0.1, 0.15) is 17.6 Å². The van der Waals surface area contributed by atoms with E-state index in [-0.39, 0.29) is 0 Å². The first-order valence-corrected chi connectivity index (χ1v) is 7.50. The molecule has 0 aliphatic heterocycles. The average molecular weight is 326 g/mol. The molecular weight excluding hydrogens is 310 g/mol. The van der Waals surface area contributed by atoms with Crippen LogP contribution in [0, 0.1) is 6.92 Å². The molecule has 18 heavy (non-hydrogen) atoms. The number of likely N-dealkylation sites (N-methyl/N-ethyl adjacent to an activating group) is 1. The number of hydrogen-bond acceptors (Lipinski definition) is 4. The lowest BCUT2D eigenvalue weighted by molar-refractivity contribution is 0.677. The summed E-state index contributed by atoms with van der Waals surface area (Å²) in [5.41, 5.74) is 0. The van der Waals surface area contributed by atoms with Crippen LogP contribution < -0.4 is 4.90 Å². The summed E-state index contributed by atoms with van der Waals surface area (Å²) in [5.74, 6) is 1.74. The summed E-state index contributed by atoms with van der Waals surface area (Å²) in [6.07, 6.45) is 1.04. The number of aromatic nitrogens is 2. The molecule has 5 heteroatoms. The first kappa shape index (κ1) is 13.5. The second-order valence-corrected chi connectivity index (χ2v) is 6.18. The third kappa shape index (κ3) is 3.29. The summed E-state index contributed by atoms with van der Waals surface area (Å²) in [4.78, 5) is 12.3. The predicted molar refractivity (Wildman–Crippen MR) is 80.4 cm³/mol. The van der Waals surface area contributed by atoms with Gasteiger partial charge in [0, 0.05) is 30.5 Å². The minimum Gasteiger partial charge on any atom is -0.356 e. The number of thiophene rings is 1. The first-order valence-electron chi connectivity index (χ1n) is 5.82. The fourth-order valence-electron chi connectivity index (χ4n) is 1.78. The Morgan fingerprint density at radius 2 is 2.22 bits per heavy atom. The second-order valence-electron chi connectivity index (χ2n) is 4.34. The maximum atomic E-state index is 4.47. The highest BCUT2D eigenvalue weighted by Gasteiger charge is 2.13. The number of aryl methyl sites for hydroxylation is 1. The molecule has 0 saturated heterocycles. The molecule has 0 aliphatic carbocycles. The smallest absolute Gasteiger partial charge is 0.133 e. The molecule has 1 unspecified atom stereocenters. The number of anilines is 1. The van der Waals surface area contributed by atoms with Crippen molar-refractivity contribution in [3.8, 4) is 0 Å². The summed E-state index contributed by atoms with van der Waals surface area (Å²) in [6, 6.07) is 6.64. The van der Waals surface area contributed by atoms with Gasteiger partial charge in [-0.3, -0.25) is 0 Å². The van der Waals surface area contributed by atoms with Crippen molar-refractivity contribution in [1.82, 2.24) is 9.97 Å². The summed E-state index contributed by atoms with van der Waals surface area (Å²) in [7, 11) is 2.08. The molecule has 0 fully saturated rings. The van der Waals surface area contributed by atoms with Gasteiger partial charge in [-0.1, -0.05) is 6.07 Å². The molecule has 0 amide bonds. The van der Waals surface area contributed by atoms with Gasteiger partial charge in [-0.2, -0.15) is 0 Å². The van der Waals surface area contributed by atoms with E-state index in [0.717, 1.165) is 22.7 Å². The minimum atomic E-state index is 0.407. The van der Waals surface area contributed by atoms with Crippen LogP contribution in [-0.4, -0.2) is 23.1 Å². The number of rotatable bonds is 4. The topological polar surface area (TPSA) is 29.0 Å². The van der Waals surface area contributed by atoms with E-state index in [1.807, 2.05) is 13.0 Å². The van der Waals surface area contributed by atoms with Crippen LogP contribution >= 0.6 is 27.3 Å². The van der Waals surface area contributed by atoms with Crippen LogP contribution in [0.4, 0.5) is 5.82 Å². The molecule has 2 aromatic rings. The van der Waals surface area contributed by atoms with Gasteiger partial charge < -0.3 is 4.90 Å². The molecule has 0 aromatic carbocycles. The van der Waals surface area contributed by atoms with Gasteiger partial charge in [-0.15, -0.1) is 11.3 Å². The maximum Gasteiger partial charge on any atom is 0.133 e. The molecule has 0 spiro atoms. The summed E-state index contributed by atoms with van der Waals surface area (Å²) < 4.78 is 0.833. The second kappa shape index (κ2) is 5.80. The Hall–Kier alpha value is -0.940. The standard InChI is InChI=1S/C13H16BrN3S/c1-9(7-11-5-4-6-18-11)17(3)13-8-12(14)15-10(2)16-13/h4-6,8-9H,7H2,1-3H3. The molecule has 0 N–H and O–H groups in total. The molecule has 0 saturated carbocycles. The lowest BCUT2D eigenvalue weighted by atomic mass is 10.2. The van der Waals surface area contributed by atoms with E-state index in [1.54, 1.807) is 11.3 Å². The van der Waals surface area contributed by atoms with Gasteiger partial charge in [-0.05, 0) is 41.2 Å². The van der Waals surface area contributed by atoms with E-state index in [2.05, 4.69) is 62.3 Å². The van der Waals surface area contributed by atoms with Gasteiger partial charge in [0.05, 0.1) is 0 Å². The Morgan fingerprint density at radius 3 is 2.83 bits per heavy atom. The molecular formula is C13H16BrN3S. The Kier molecular flexibility index (Phi) is 4.35. The summed E-state index contributed by atoms with van der Waals surface area (Å²) in [5, 5.41) is 2.12. The zero-order valence-corrected chi connectivity index (χ0v) is 13.1. The molecule has 0 radical (unpaired) electrons. The van der Waals surface area contributed by atoms with Crippen molar-refractivity contribution in [2.75, 3.05) is 11.9 Å². The highest BCUT2D eigenvalue weighted by molar-refractivity contribution is 9.10. The van der Waals surface area contributed by atoms with Crippen LogP contribution in [0.2, 0.25) is 0 Å². The van der Waals surface area contributed by atoms with Crippen molar-refractivity contribution in [3.05, 3.63) is 38.9 Å². The van der Waals surface area contributed by atoms with Crippen LogP contribution in [0.3, 0.4) is 0 Å². The highest BCUT2D eigenvalue weighted by Crippen LogP contribution is 2.20. The largest absolute Gasteiger partial charge is 0.356 e. The molecule has 0 bridgehead atoms. The molecule has 2 rings (SSSR count). The number of halogens is 1. The van der Waals surface area contributed by atoms with E-state index in [0.29, 0.717) is 6.04 Å². The highest BCUT2D eigenvalue weighted by atomic mass is 79.9. The van der Waals surface area contributed by atoms with Gasteiger partial charge >= 0.3 is 0 Å². The van der Waals surface area contributed by atoms with Gasteiger partial charge in [0.1, 0.15) is 16.2 Å². The molecule has 0 aliphatic rings.